The molecule has 3 aromatic rings. The first kappa shape index (κ1) is 14.0. The molecule has 0 radical (unpaired) electrons. The Labute approximate surface area is 134 Å². The minimum atomic E-state index is 0.657. The Balaban J connectivity index is 1.78. The highest BCUT2D eigenvalue weighted by atomic mass is 16.5. The lowest BCUT2D eigenvalue weighted by Gasteiger charge is -2.08. The van der Waals surface area contributed by atoms with Crippen LogP contribution in [0.25, 0.3) is 16.9 Å². The van der Waals surface area contributed by atoms with Crippen LogP contribution in [0.2, 0.25) is 0 Å². The molecule has 6 heteroatoms. The van der Waals surface area contributed by atoms with Gasteiger partial charge in [-0.25, -0.2) is 9.50 Å². The first-order valence-electron chi connectivity index (χ1n) is 7.93. The van der Waals surface area contributed by atoms with Gasteiger partial charge in [0.25, 0.3) is 0 Å². The maximum absolute atomic E-state index is 5.82. The Kier molecular flexibility index (Phi) is 3.81. The Bertz CT molecular complexity index is 814. The first-order valence-corrected chi connectivity index (χ1v) is 7.93. The number of benzene rings is 1. The molecule has 1 aromatic carbocycles. The molecule has 118 valence electrons. The third-order valence-electron chi connectivity index (χ3n) is 3.88. The molecule has 2 aromatic heterocycles. The molecule has 0 atom stereocenters. The third kappa shape index (κ3) is 2.98. The number of rotatable bonds is 0. The van der Waals surface area contributed by atoms with Crippen molar-refractivity contribution in [3.8, 4) is 17.0 Å². The van der Waals surface area contributed by atoms with Gasteiger partial charge in [0, 0.05) is 18.7 Å². The monoisotopic (exact) mass is 309 g/mol. The molecule has 3 heterocycles. The van der Waals surface area contributed by atoms with Gasteiger partial charge in [0.05, 0.1) is 11.9 Å². The van der Waals surface area contributed by atoms with Crippen LogP contribution in [0, 0.1) is 0 Å². The molecular weight excluding hydrogens is 290 g/mol. The molecule has 6 nitrogen and oxygen atoms in total. The molecule has 0 unspecified atom stereocenters. The van der Waals surface area contributed by atoms with E-state index in [-0.39, 0.29) is 0 Å². The number of anilines is 1. The quantitative estimate of drug-likeness (QED) is 0.666. The SMILES string of the molecule is c1cc2cc(c1)-c1cnc3ccc(nn13)NCCCNCCO2. The molecule has 23 heavy (non-hydrogen) atoms. The van der Waals surface area contributed by atoms with Gasteiger partial charge in [0.15, 0.2) is 5.65 Å². The average Bonchev–Trinajstić information content (AvgIpc) is 3.00. The molecule has 0 fully saturated rings. The summed E-state index contributed by atoms with van der Waals surface area (Å²) in [6.07, 6.45) is 2.88. The average molecular weight is 309 g/mol. The first-order chi connectivity index (χ1) is 11.4. The van der Waals surface area contributed by atoms with Crippen molar-refractivity contribution in [2.24, 2.45) is 0 Å². The predicted molar refractivity (Wildman–Crippen MR) is 89.9 cm³/mol. The summed E-state index contributed by atoms with van der Waals surface area (Å²) in [4.78, 5) is 4.44. The number of nitrogens with zero attached hydrogens (tertiary/aromatic N) is 3. The molecular formula is C17H19N5O. The van der Waals surface area contributed by atoms with Gasteiger partial charge >= 0.3 is 0 Å². The Morgan fingerprint density at radius 2 is 2.09 bits per heavy atom. The van der Waals surface area contributed by atoms with E-state index in [0.29, 0.717) is 6.61 Å². The van der Waals surface area contributed by atoms with Crippen LogP contribution in [-0.4, -0.2) is 40.8 Å². The van der Waals surface area contributed by atoms with Gasteiger partial charge < -0.3 is 15.4 Å². The zero-order chi connectivity index (χ0) is 15.5. The molecule has 0 aliphatic carbocycles. The molecule has 0 spiro atoms. The van der Waals surface area contributed by atoms with Crippen LogP contribution < -0.4 is 15.4 Å². The van der Waals surface area contributed by atoms with Crippen molar-refractivity contribution in [2.75, 3.05) is 31.6 Å². The van der Waals surface area contributed by atoms with Crippen molar-refractivity contribution in [3.63, 3.8) is 0 Å². The van der Waals surface area contributed by atoms with Crippen LogP contribution in [0.15, 0.2) is 42.6 Å². The van der Waals surface area contributed by atoms with Crippen molar-refractivity contribution < 1.29 is 4.74 Å². The van der Waals surface area contributed by atoms with E-state index in [9.17, 15) is 0 Å². The van der Waals surface area contributed by atoms with Gasteiger partial charge in [0.1, 0.15) is 18.2 Å². The molecule has 4 bridgehead atoms. The van der Waals surface area contributed by atoms with Crippen LogP contribution >= 0.6 is 0 Å². The van der Waals surface area contributed by atoms with Crippen molar-refractivity contribution in [2.45, 2.75) is 6.42 Å². The van der Waals surface area contributed by atoms with Crippen molar-refractivity contribution in [1.29, 1.82) is 0 Å². The van der Waals surface area contributed by atoms with Crippen LogP contribution in [0.3, 0.4) is 0 Å². The maximum Gasteiger partial charge on any atom is 0.154 e. The smallest absolute Gasteiger partial charge is 0.154 e. The summed E-state index contributed by atoms with van der Waals surface area (Å²) < 4.78 is 7.70. The van der Waals surface area contributed by atoms with Crippen molar-refractivity contribution in [1.82, 2.24) is 19.9 Å². The molecule has 1 aliphatic rings. The number of nitrogens with one attached hydrogen (secondary N) is 2. The number of hydrogen-bond acceptors (Lipinski definition) is 5. The summed E-state index contributed by atoms with van der Waals surface area (Å²) in [7, 11) is 0. The Morgan fingerprint density at radius 3 is 3.09 bits per heavy atom. The number of fused-ring (bicyclic) bond motifs is 4. The highest BCUT2D eigenvalue weighted by molar-refractivity contribution is 5.65. The zero-order valence-corrected chi connectivity index (χ0v) is 12.8. The summed E-state index contributed by atoms with van der Waals surface area (Å²) in [6.45, 7) is 3.33. The number of hydrogen-bond donors (Lipinski definition) is 2. The fourth-order valence-corrected chi connectivity index (χ4v) is 2.71. The fraction of sp³-hybridized carbons (Fsp3) is 0.294. The second-order valence-corrected chi connectivity index (χ2v) is 5.54. The molecule has 2 N–H and O–H groups in total. The van der Waals surface area contributed by atoms with Crippen molar-refractivity contribution in [3.05, 3.63) is 42.6 Å². The second kappa shape index (κ2) is 6.26. The van der Waals surface area contributed by atoms with Crippen LogP contribution in [0.5, 0.6) is 5.75 Å². The third-order valence-corrected chi connectivity index (χ3v) is 3.88. The normalized spacial score (nSPS) is 15.5. The Hall–Kier alpha value is -2.60. The summed E-state index contributed by atoms with van der Waals surface area (Å²) in [5.41, 5.74) is 2.84. The standard InChI is InChI=1S/C17H19N5O/c1-3-13-11-14(4-1)23-10-9-18-7-2-8-19-16-5-6-17-20-12-15(13)22(17)21-16/h1,3-6,11-12,18H,2,7-10H2,(H,19,21). The van der Waals surface area contributed by atoms with Gasteiger partial charge in [-0.2, -0.15) is 0 Å². The molecule has 1 aliphatic heterocycles. The maximum atomic E-state index is 5.82. The van der Waals surface area contributed by atoms with Gasteiger partial charge in [-0.3, -0.25) is 0 Å². The topological polar surface area (TPSA) is 63.5 Å². The van der Waals surface area contributed by atoms with Gasteiger partial charge in [0.2, 0.25) is 0 Å². The van der Waals surface area contributed by atoms with E-state index in [4.69, 9.17) is 4.74 Å². The van der Waals surface area contributed by atoms with E-state index >= 15 is 0 Å². The van der Waals surface area contributed by atoms with E-state index in [1.807, 2.05) is 41.0 Å². The van der Waals surface area contributed by atoms with E-state index in [1.54, 1.807) is 0 Å². The summed E-state index contributed by atoms with van der Waals surface area (Å²) in [6, 6.07) is 12.0. The van der Waals surface area contributed by atoms with Gasteiger partial charge in [-0.05, 0) is 37.2 Å². The van der Waals surface area contributed by atoms with Gasteiger partial charge in [-0.15, -0.1) is 5.10 Å². The van der Waals surface area contributed by atoms with E-state index < -0.39 is 0 Å². The lowest BCUT2D eigenvalue weighted by atomic mass is 10.1. The van der Waals surface area contributed by atoms with E-state index in [2.05, 4.69) is 26.8 Å². The van der Waals surface area contributed by atoms with Crippen LogP contribution in [-0.2, 0) is 0 Å². The highest BCUT2D eigenvalue weighted by Gasteiger charge is 2.09. The van der Waals surface area contributed by atoms with Crippen LogP contribution in [0.4, 0.5) is 5.82 Å². The number of ether oxygens (including phenoxy) is 1. The highest BCUT2D eigenvalue weighted by Crippen LogP contribution is 2.24. The fourth-order valence-electron chi connectivity index (χ4n) is 2.71. The van der Waals surface area contributed by atoms with Crippen LogP contribution in [0.1, 0.15) is 6.42 Å². The minimum absolute atomic E-state index is 0.657. The number of imidazole rings is 1. The largest absolute Gasteiger partial charge is 0.492 e. The molecule has 4 rings (SSSR count). The van der Waals surface area contributed by atoms with Crippen molar-refractivity contribution >= 4 is 11.5 Å². The van der Waals surface area contributed by atoms with Gasteiger partial charge in [-0.1, -0.05) is 12.1 Å². The number of aromatic nitrogens is 3. The summed E-state index contributed by atoms with van der Waals surface area (Å²) in [5, 5.41) is 11.4. The Morgan fingerprint density at radius 1 is 1.09 bits per heavy atom. The minimum Gasteiger partial charge on any atom is -0.492 e. The molecule has 0 saturated heterocycles. The summed E-state index contributed by atoms with van der Waals surface area (Å²) >= 11 is 0. The predicted octanol–water partition coefficient (Wildman–Crippen LogP) is 2.18. The van der Waals surface area contributed by atoms with E-state index in [0.717, 1.165) is 54.5 Å². The second-order valence-electron chi connectivity index (χ2n) is 5.54. The van der Waals surface area contributed by atoms with E-state index in [1.165, 1.54) is 0 Å². The molecule has 0 saturated carbocycles. The summed E-state index contributed by atoms with van der Waals surface area (Å²) in [5.74, 6) is 1.72. The zero-order valence-electron chi connectivity index (χ0n) is 12.8. The lowest BCUT2D eigenvalue weighted by Crippen LogP contribution is -2.23. The lowest BCUT2D eigenvalue weighted by molar-refractivity contribution is 0.314. The molecule has 0 amide bonds.